The lowest BCUT2D eigenvalue weighted by Crippen LogP contribution is -2.35. The van der Waals surface area contributed by atoms with Crippen molar-refractivity contribution in [1.82, 2.24) is 15.3 Å². The van der Waals surface area contributed by atoms with Crippen molar-refractivity contribution in [2.24, 2.45) is 0 Å². The van der Waals surface area contributed by atoms with Crippen molar-refractivity contribution in [2.75, 3.05) is 0 Å². The minimum atomic E-state index is 0.0577. The Morgan fingerprint density at radius 1 is 1.19 bits per heavy atom. The number of ether oxygens (including phenoxy) is 1. The largest absolute Gasteiger partial charge is 0.485 e. The van der Waals surface area contributed by atoms with Crippen LogP contribution in [0, 0.1) is 0 Å². The number of halogens is 1. The van der Waals surface area contributed by atoms with E-state index in [4.69, 9.17) is 4.74 Å². The van der Waals surface area contributed by atoms with Gasteiger partial charge in [0.1, 0.15) is 12.4 Å². The third-order valence-electron chi connectivity index (χ3n) is 2.81. The Hall–Kier alpha value is -1.46. The highest BCUT2D eigenvalue weighted by Gasteiger charge is 2.12. The number of benzene rings is 1. The van der Waals surface area contributed by atoms with E-state index in [0.717, 1.165) is 22.3 Å². The summed E-state index contributed by atoms with van der Waals surface area (Å²) >= 11 is 3.50. The second-order valence-electron chi connectivity index (χ2n) is 5.81. The Labute approximate surface area is 134 Å². The van der Waals surface area contributed by atoms with Gasteiger partial charge in [-0.3, -0.25) is 0 Å². The maximum Gasteiger partial charge on any atom is 0.166 e. The summed E-state index contributed by atoms with van der Waals surface area (Å²) in [5.74, 6) is 1.53. The number of hydrogen-bond acceptors (Lipinski definition) is 4. The van der Waals surface area contributed by atoms with Crippen LogP contribution in [0.3, 0.4) is 0 Å². The highest BCUT2D eigenvalue weighted by atomic mass is 79.9. The normalized spacial score (nSPS) is 11.4. The molecule has 0 aliphatic rings. The van der Waals surface area contributed by atoms with Crippen LogP contribution in [0.4, 0.5) is 0 Å². The third kappa shape index (κ3) is 5.44. The Bertz CT molecular complexity index is 582. The van der Waals surface area contributed by atoms with Gasteiger partial charge in [-0.1, -0.05) is 15.9 Å². The van der Waals surface area contributed by atoms with Crippen molar-refractivity contribution in [3.8, 4) is 5.75 Å². The molecule has 1 aromatic heterocycles. The van der Waals surface area contributed by atoms with Gasteiger partial charge < -0.3 is 10.1 Å². The maximum atomic E-state index is 5.86. The summed E-state index contributed by atoms with van der Waals surface area (Å²) in [5, 5.41) is 3.47. The molecule has 0 bridgehead atoms. The molecule has 0 saturated heterocycles. The van der Waals surface area contributed by atoms with E-state index in [1.165, 1.54) is 0 Å². The zero-order valence-corrected chi connectivity index (χ0v) is 14.1. The lowest BCUT2D eigenvalue weighted by Gasteiger charge is -2.21. The van der Waals surface area contributed by atoms with Crippen LogP contribution in [0.25, 0.3) is 0 Å². The van der Waals surface area contributed by atoms with E-state index >= 15 is 0 Å². The summed E-state index contributed by atoms with van der Waals surface area (Å²) in [5.41, 5.74) is 1.16. The van der Waals surface area contributed by atoms with Crippen LogP contribution >= 0.6 is 15.9 Å². The van der Waals surface area contributed by atoms with Gasteiger partial charge >= 0.3 is 0 Å². The van der Waals surface area contributed by atoms with Gasteiger partial charge in [0.25, 0.3) is 0 Å². The highest BCUT2D eigenvalue weighted by Crippen LogP contribution is 2.24. The predicted octanol–water partition coefficient (Wildman–Crippen LogP) is 3.71. The fourth-order valence-corrected chi connectivity index (χ4v) is 2.14. The molecule has 2 aromatic rings. The molecule has 4 nitrogen and oxygen atoms in total. The first-order valence-corrected chi connectivity index (χ1v) is 7.65. The molecule has 112 valence electrons. The molecule has 1 aromatic carbocycles. The molecule has 0 saturated carbocycles. The van der Waals surface area contributed by atoms with Crippen LogP contribution in [0.15, 0.2) is 41.1 Å². The highest BCUT2D eigenvalue weighted by molar-refractivity contribution is 9.10. The molecular formula is C16H20BrN3O. The summed E-state index contributed by atoms with van der Waals surface area (Å²) in [6.07, 6.45) is 3.44. The second-order valence-corrected chi connectivity index (χ2v) is 6.72. The van der Waals surface area contributed by atoms with E-state index in [-0.39, 0.29) is 5.54 Å². The number of nitrogens with zero attached hydrogens (tertiary/aromatic N) is 2. The molecule has 0 amide bonds. The van der Waals surface area contributed by atoms with Crippen LogP contribution < -0.4 is 10.1 Å². The standard InChI is InChI=1S/C16H20BrN3O/c1-16(2,3)20-10-12-9-13(17)5-6-14(12)21-11-15-18-7-4-8-19-15/h4-9,20H,10-11H2,1-3H3. The molecule has 0 atom stereocenters. The number of aromatic nitrogens is 2. The van der Waals surface area contributed by atoms with Gasteiger partial charge in [0.15, 0.2) is 5.82 Å². The van der Waals surface area contributed by atoms with Gasteiger partial charge in [-0.05, 0) is 45.0 Å². The van der Waals surface area contributed by atoms with Crippen LogP contribution in [0.2, 0.25) is 0 Å². The van der Waals surface area contributed by atoms with E-state index in [1.54, 1.807) is 18.5 Å². The maximum absolute atomic E-state index is 5.86. The monoisotopic (exact) mass is 349 g/mol. The Morgan fingerprint density at radius 2 is 1.90 bits per heavy atom. The third-order valence-corrected chi connectivity index (χ3v) is 3.30. The van der Waals surface area contributed by atoms with E-state index in [0.29, 0.717) is 12.4 Å². The lowest BCUT2D eigenvalue weighted by atomic mass is 10.1. The van der Waals surface area contributed by atoms with Gasteiger partial charge in [0.2, 0.25) is 0 Å². The van der Waals surface area contributed by atoms with Crippen LogP contribution in [0.1, 0.15) is 32.2 Å². The summed E-state index contributed by atoms with van der Waals surface area (Å²) in [6.45, 7) is 7.54. The van der Waals surface area contributed by atoms with Crippen LogP contribution in [-0.2, 0) is 13.2 Å². The molecule has 5 heteroatoms. The fourth-order valence-electron chi connectivity index (χ4n) is 1.73. The SMILES string of the molecule is CC(C)(C)NCc1cc(Br)ccc1OCc1ncccn1. The second kappa shape index (κ2) is 7.00. The smallest absolute Gasteiger partial charge is 0.166 e. The van der Waals surface area contributed by atoms with Crippen LogP contribution in [0.5, 0.6) is 5.75 Å². The summed E-state index contributed by atoms with van der Waals surface area (Å²) in [4.78, 5) is 8.33. The molecule has 0 fully saturated rings. The molecular weight excluding hydrogens is 330 g/mol. The molecule has 0 aliphatic carbocycles. The quantitative estimate of drug-likeness (QED) is 0.893. The predicted molar refractivity (Wildman–Crippen MR) is 87.1 cm³/mol. The van der Waals surface area contributed by atoms with Gasteiger partial charge in [-0.15, -0.1) is 0 Å². The number of nitrogens with one attached hydrogen (secondary N) is 1. The summed E-state index contributed by atoms with van der Waals surface area (Å²) in [6, 6.07) is 7.80. The summed E-state index contributed by atoms with van der Waals surface area (Å²) < 4.78 is 6.90. The van der Waals surface area contributed by atoms with Gasteiger partial charge in [0, 0.05) is 34.5 Å². The molecule has 0 spiro atoms. The van der Waals surface area contributed by atoms with Crippen LogP contribution in [-0.4, -0.2) is 15.5 Å². The Balaban J connectivity index is 2.07. The Morgan fingerprint density at radius 3 is 2.57 bits per heavy atom. The molecule has 21 heavy (non-hydrogen) atoms. The topological polar surface area (TPSA) is 47.0 Å². The van der Waals surface area contributed by atoms with E-state index in [1.807, 2.05) is 12.1 Å². The first-order chi connectivity index (χ1) is 9.94. The van der Waals surface area contributed by atoms with Crippen molar-refractivity contribution in [3.05, 3.63) is 52.5 Å². The molecule has 1 heterocycles. The molecule has 1 N–H and O–H groups in total. The molecule has 2 rings (SSSR count). The van der Waals surface area contributed by atoms with Gasteiger partial charge in [-0.2, -0.15) is 0 Å². The lowest BCUT2D eigenvalue weighted by molar-refractivity contribution is 0.290. The molecule has 0 aliphatic heterocycles. The Kier molecular flexibility index (Phi) is 5.31. The average Bonchev–Trinajstić information content (AvgIpc) is 2.44. The van der Waals surface area contributed by atoms with E-state index < -0.39 is 0 Å². The zero-order valence-electron chi connectivity index (χ0n) is 12.6. The fraction of sp³-hybridized carbons (Fsp3) is 0.375. The van der Waals surface area contributed by atoms with Crippen molar-refractivity contribution >= 4 is 15.9 Å². The van der Waals surface area contributed by atoms with E-state index in [2.05, 4.69) is 58.1 Å². The van der Waals surface area contributed by atoms with Gasteiger partial charge in [0.05, 0.1) is 0 Å². The van der Waals surface area contributed by atoms with Crippen molar-refractivity contribution < 1.29 is 4.74 Å². The van der Waals surface area contributed by atoms with Gasteiger partial charge in [-0.25, -0.2) is 9.97 Å². The average molecular weight is 350 g/mol. The summed E-state index contributed by atoms with van der Waals surface area (Å²) in [7, 11) is 0. The molecule has 0 unspecified atom stereocenters. The number of hydrogen-bond donors (Lipinski definition) is 1. The number of rotatable bonds is 5. The minimum absolute atomic E-state index is 0.0577. The molecule has 0 radical (unpaired) electrons. The van der Waals surface area contributed by atoms with Crippen molar-refractivity contribution in [2.45, 2.75) is 39.5 Å². The van der Waals surface area contributed by atoms with Crippen molar-refractivity contribution in [1.29, 1.82) is 0 Å². The van der Waals surface area contributed by atoms with E-state index in [9.17, 15) is 0 Å². The first kappa shape index (κ1) is 15.9. The zero-order chi connectivity index (χ0) is 15.3. The minimum Gasteiger partial charge on any atom is -0.485 e. The van der Waals surface area contributed by atoms with Crippen molar-refractivity contribution in [3.63, 3.8) is 0 Å². The first-order valence-electron chi connectivity index (χ1n) is 6.86.